The van der Waals surface area contributed by atoms with Gasteiger partial charge in [-0.25, -0.2) is 0 Å². The van der Waals surface area contributed by atoms with Gasteiger partial charge in [0.15, 0.2) is 6.27 Å². The molecule has 0 radical (unpaired) electrons. The number of para-hydroxylation sites is 1. The van der Waals surface area contributed by atoms with Crippen LogP contribution in [0.15, 0.2) is 24.2 Å². The number of hydrogen-bond acceptors (Lipinski definition) is 7. The Morgan fingerprint density at radius 3 is 2.74 bits per heavy atom. The summed E-state index contributed by atoms with van der Waals surface area (Å²) in [6.07, 6.45) is -13.6. The zero-order valence-electron chi connectivity index (χ0n) is 18.2. The van der Waals surface area contributed by atoms with Crippen molar-refractivity contribution in [2.45, 2.75) is 37.4 Å². The highest BCUT2D eigenvalue weighted by molar-refractivity contribution is 5.32. The molecular formula is C12H16O7. The molecule has 0 spiro atoms. The summed E-state index contributed by atoms with van der Waals surface area (Å²) in [7, 11) is 0. The van der Waals surface area contributed by atoms with Crippen LogP contribution in [0.2, 0.25) is 0 Å². The van der Waals surface area contributed by atoms with Gasteiger partial charge in [0.2, 0.25) is 7.70 Å². The third kappa shape index (κ3) is 2.86. The first-order chi connectivity index (χ1) is 12.6. The van der Waals surface area contributed by atoms with Gasteiger partial charge in [-0.3, -0.25) is 0 Å². The van der Waals surface area contributed by atoms with E-state index >= 15 is 0 Å². The van der Waals surface area contributed by atoms with Crippen LogP contribution in [-0.4, -0.2) is 57.8 Å². The minimum Gasteiger partial charge on any atom is -0.462 e. The SMILES string of the molecule is [2H]O[C@@]1([2H])O[C@@]([2H])(Oc2c([2H])c([2H])c([2H])c([2H])c2C([2H])([2H])O)[C@H](O)[C@@H](O)[C@@H]1O. The van der Waals surface area contributed by atoms with Crippen molar-refractivity contribution in [2.24, 2.45) is 0 Å². The van der Waals surface area contributed by atoms with Gasteiger partial charge in [0.25, 0.3) is 0 Å². The Balaban J connectivity index is 2.67. The molecule has 5 N–H and O–H groups in total. The van der Waals surface area contributed by atoms with E-state index in [0.29, 0.717) is 0 Å². The Morgan fingerprint density at radius 1 is 1.32 bits per heavy atom. The van der Waals surface area contributed by atoms with Gasteiger partial charge in [0.1, 0.15) is 25.4 Å². The van der Waals surface area contributed by atoms with Crippen LogP contribution in [0.1, 0.15) is 16.5 Å². The van der Waals surface area contributed by atoms with Crippen molar-refractivity contribution in [3.8, 4) is 5.75 Å². The number of rotatable bonds is 4. The minimum absolute atomic E-state index is 0.936. The summed E-state index contributed by atoms with van der Waals surface area (Å²) in [4.78, 5) is 0. The molecule has 0 aliphatic carbocycles. The highest BCUT2D eigenvalue weighted by Gasteiger charge is 2.44. The lowest BCUT2D eigenvalue weighted by atomic mass is 10.0. The largest absolute Gasteiger partial charge is 0.462 e. The zero-order chi connectivity index (χ0) is 21.8. The highest BCUT2D eigenvalue weighted by Crippen LogP contribution is 2.25. The molecule has 1 heterocycles. The molecule has 0 bridgehead atoms. The van der Waals surface area contributed by atoms with Crippen molar-refractivity contribution in [3.05, 3.63) is 29.7 Å². The normalized spacial score (nSPS) is 50.3. The van der Waals surface area contributed by atoms with Gasteiger partial charge in [-0.05, 0) is 6.04 Å². The standard InChI is InChI=1S/C12H16O7/c13-5-6-3-1-2-4-7(6)18-12-10(16)8(14)9(15)11(17)19-12/h1-4,8-17H,5H2/t8-,9-,10+,11-,12+/m0/s1/i1D,2D,3D,4D,5D2,11D,12D,17D. The Labute approximate surface area is 122 Å². The van der Waals surface area contributed by atoms with Crippen LogP contribution in [0.3, 0.4) is 0 Å². The average Bonchev–Trinajstić information content (AvgIpc) is 2.60. The maximum atomic E-state index is 10.0. The first-order valence-electron chi connectivity index (χ1n) is 9.42. The molecule has 7 heteroatoms. The number of aliphatic hydroxyl groups excluding tert-OH is 3. The second-order valence-corrected chi connectivity index (χ2v) is 3.54. The Morgan fingerprint density at radius 2 is 2.05 bits per heavy atom. The fourth-order valence-corrected chi connectivity index (χ4v) is 1.31. The molecule has 2 rings (SSSR count). The van der Waals surface area contributed by atoms with Crippen LogP contribution in [0, 0.1) is 0 Å². The molecule has 106 valence electrons. The number of ether oxygens (including phenoxy) is 2. The number of hydrogen-bond donors (Lipinski definition) is 5. The molecule has 0 amide bonds. The van der Waals surface area contributed by atoms with E-state index in [2.05, 4.69) is 9.85 Å². The minimum atomic E-state index is -3.40. The van der Waals surface area contributed by atoms with Crippen molar-refractivity contribution < 1.29 is 46.0 Å². The third-order valence-corrected chi connectivity index (χ3v) is 2.30. The average molecular weight is 281 g/mol. The lowest BCUT2D eigenvalue weighted by Crippen LogP contribution is -2.59. The van der Waals surface area contributed by atoms with Crippen molar-refractivity contribution >= 4 is 0 Å². The fourth-order valence-electron chi connectivity index (χ4n) is 1.31. The van der Waals surface area contributed by atoms with Crippen molar-refractivity contribution in [2.75, 3.05) is 0 Å². The molecule has 0 aromatic heterocycles. The van der Waals surface area contributed by atoms with Crippen molar-refractivity contribution in [1.82, 2.24) is 0 Å². The molecule has 1 aliphatic heterocycles. The van der Waals surface area contributed by atoms with Gasteiger partial charge >= 0.3 is 0 Å². The summed E-state index contributed by atoms with van der Waals surface area (Å²) in [6.45, 7) is -3.40. The fraction of sp³-hybridized carbons (Fsp3) is 0.500. The maximum Gasteiger partial charge on any atom is 0.231 e. The summed E-state index contributed by atoms with van der Waals surface area (Å²) in [5.74, 6) is -1.16. The molecule has 5 atom stereocenters. The number of benzene rings is 1. The van der Waals surface area contributed by atoms with Crippen LogP contribution in [0.25, 0.3) is 0 Å². The van der Waals surface area contributed by atoms with Crippen molar-refractivity contribution in [3.63, 3.8) is 0 Å². The topological polar surface area (TPSA) is 120 Å². The van der Waals surface area contributed by atoms with E-state index in [9.17, 15) is 20.4 Å². The summed E-state index contributed by atoms with van der Waals surface area (Å²) < 4.78 is 77.5. The van der Waals surface area contributed by atoms with Crippen molar-refractivity contribution in [1.29, 1.82) is 1.43 Å². The molecule has 7 nitrogen and oxygen atoms in total. The molecular weight excluding hydrogens is 256 g/mol. The summed E-state index contributed by atoms with van der Waals surface area (Å²) in [5.41, 5.74) is -1.15. The molecule has 1 aromatic rings. The monoisotopic (exact) mass is 281 g/mol. The van der Waals surface area contributed by atoms with E-state index in [0.717, 1.165) is 0 Å². The maximum absolute atomic E-state index is 10.0. The molecule has 0 saturated carbocycles. The first kappa shape index (κ1) is 6.49. The van der Waals surface area contributed by atoms with E-state index in [1.807, 2.05) is 0 Å². The molecule has 1 fully saturated rings. The summed E-state index contributed by atoms with van der Waals surface area (Å²) in [6, 6.07) is -4.02. The second kappa shape index (κ2) is 5.83. The summed E-state index contributed by atoms with van der Waals surface area (Å²) in [5, 5.41) is 43.1. The Hall–Kier alpha value is -1.22. The summed E-state index contributed by atoms with van der Waals surface area (Å²) >= 11 is 0. The van der Waals surface area contributed by atoms with Gasteiger partial charge < -0.3 is 35.0 Å². The van der Waals surface area contributed by atoms with Gasteiger partial charge in [-0.15, -0.1) is 0 Å². The molecule has 1 saturated heterocycles. The lowest BCUT2D eigenvalue weighted by Gasteiger charge is -2.38. The van der Waals surface area contributed by atoms with E-state index < -0.39 is 72.9 Å². The first-order valence-corrected chi connectivity index (χ1v) is 5.01. The van der Waals surface area contributed by atoms with Crippen LogP contribution >= 0.6 is 0 Å². The molecule has 19 heavy (non-hydrogen) atoms. The zero-order valence-corrected chi connectivity index (χ0v) is 9.25. The quantitative estimate of drug-likeness (QED) is 0.447. The van der Waals surface area contributed by atoms with E-state index in [-0.39, 0.29) is 0 Å². The van der Waals surface area contributed by atoms with E-state index in [4.69, 9.17) is 17.1 Å². The van der Waals surface area contributed by atoms with Gasteiger partial charge in [0, 0.05) is 5.56 Å². The van der Waals surface area contributed by atoms with Crippen LogP contribution in [0.5, 0.6) is 5.75 Å². The van der Waals surface area contributed by atoms with Gasteiger partial charge in [-0.1, -0.05) is 18.1 Å². The van der Waals surface area contributed by atoms with Crippen LogP contribution in [-0.2, 0) is 11.3 Å². The Kier molecular flexibility index (Phi) is 1.99. The molecule has 1 aliphatic rings. The Bertz CT molecular complexity index is 775. The van der Waals surface area contributed by atoms with E-state index in [1.165, 1.54) is 0 Å². The smallest absolute Gasteiger partial charge is 0.231 e. The predicted molar refractivity (Wildman–Crippen MR) is 61.9 cm³/mol. The predicted octanol–water partition coefficient (Wildman–Crippen LogP) is -1.68. The third-order valence-electron chi connectivity index (χ3n) is 2.30. The van der Waals surface area contributed by atoms with E-state index in [1.54, 1.807) is 0 Å². The molecule has 0 unspecified atom stereocenters. The highest BCUT2D eigenvalue weighted by atomic mass is 16.7. The molecule has 1 aromatic carbocycles. The van der Waals surface area contributed by atoms with Crippen LogP contribution in [0.4, 0.5) is 0 Å². The van der Waals surface area contributed by atoms with Gasteiger partial charge in [-0.2, -0.15) is 0 Å². The lowest BCUT2D eigenvalue weighted by molar-refractivity contribution is -0.321. The second-order valence-electron chi connectivity index (χ2n) is 3.54. The van der Waals surface area contributed by atoms with Crippen LogP contribution < -0.4 is 4.74 Å². The van der Waals surface area contributed by atoms with Gasteiger partial charge in [0.05, 0.1) is 16.2 Å². The number of aliphatic hydroxyl groups is 5.